The molecule has 0 aliphatic rings. The van der Waals surface area contributed by atoms with Crippen molar-refractivity contribution in [2.45, 2.75) is 19.4 Å². The molecule has 0 aliphatic carbocycles. The zero-order valence-electron chi connectivity index (χ0n) is 9.94. The Morgan fingerprint density at radius 1 is 1.39 bits per heavy atom. The number of carbonyl (C=O) groups is 2. The zero-order chi connectivity index (χ0) is 13.5. The van der Waals surface area contributed by atoms with Crippen molar-refractivity contribution in [1.29, 1.82) is 0 Å². The molecular weight excluding hydrogens is 239 g/mol. The fourth-order valence-electron chi connectivity index (χ4n) is 1.26. The van der Waals surface area contributed by atoms with Crippen LogP contribution in [0.1, 0.15) is 13.3 Å². The standard InChI is InChI=1S/C12H15FN2O3/c1-8(12(17)18)14-7-6-11(16)15-10-5-3-2-4-9(10)13/h2-5,8,14H,6-7H2,1H3,(H,15,16)(H,17,18)/t8-/m0/s1. The van der Waals surface area contributed by atoms with Crippen LogP contribution in [0.4, 0.5) is 10.1 Å². The van der Waals surface area contributed by atoms with E-state index in [1.165, 1.54) is 25.1 Å². The van der Waals surface area contributed by atoms with E-state index in [2.05, 4.69) is 10.6 Å². The second-order valence-electron chi connectivity index (χ2n) is 3.79. The summed E-state index contributed by atoms with van der Waals surface area (Å²) in [5.41, 5.74) is 0.119. The number of nitrogens with one attached hydrogen (secondary N) is 2. The van der Waals surface area contributed by atoms with Crippen molar-refractivity contribution >= 4 is 17.6 Å². The van der Waals surface area contributed by atoms with E-state index in [0.717, 1.165) is 0 Å². The minimum Gasteiger partial charge on any atom is -0.480 e. The summed E-state index contributed by atoms with van der Waals surface area (Å²) in [5, 5.41) is 13.7. The summed E-state index contributed by atoms with van der Waals surface area (Å²) in [6, 6.07) is 5.14. The number of anilines is 1. The topological polar surface area (TPSA) is 78.4 Å². The Morgan fingerprint density at radius 2 is 2.06 bits per heavy atom. The van der Waals surface area contributed by atoms with Crippen molar-refractivity contribution in [2.75, 3.05) is 11.9 Å². The van der Waals surface area contributed by atoms with E-state index in [1.54, 1.807) is 6.07 Å². The molecular formula is C12H15FN2O3. The van der Waals surface area contributed by atoms with Crippen LogP contribution in [0.25, 0.3) is 0 Å². The average molecular weight is 254 g/mol. The summed E-state index contributed by atoms with van der Waals surface area (Å²) in [7, 11) is 0. The van der Waals surface area contributed by atoms with Crippen LogP contribution in [-0.4, -0.2) is 29.6 Å². The van der Waals surface area contributed by atoms with Gasteiger partial charge < -0.3 is 15.7 Å². The van der Waals surface area contributed by atoms with Crippen LogP contribution in [0.3, 0.4) is 0 Å². The first-order valence-corrected chi connectivity index (χ1v) is 5.51. The molecule has 1 amide bonds. The van der Waals surface area contributed by atoms with Crippen LogP contribution >= 0.6 is 0 Å². The second-order valence-corrected chi connectivity index (χ2v) is 3.79. The number of aliphatic carboxylic acids is 1. The van der Waals surface area contributed by atoms with Crippen molar-refractivity contribution in [3.8, 4) is 0 Å². The van der Waals surface area contributed by atoms with Crippen LogP contribution in [0.2, 0.25) is 0 Å². The van der Waals surface area contributed by atoms with Gasteiger partial charge >= 0.3 is 5.97 Å². The van der Waals surface area contributed by atoms with E-state index < -0.39 is 17.8 Å². The second kappa shape index (κ2) is 6.70. The van der Waals surface area contributed by atoms with Gasteiger partial charge in [-0.2, -0.15) is 0 Å². The predicted octanol–water partition coefficient (Wildman–Crippen LogP) is 1.22. The SMILES string of the molecule is C[C@H](NCCC(=O)Nc1ccccc1F)C(=O)O. The number of carboxylic acid groups (broad SMARTS) is 1. The number of hydrogen-bond donors (Lipinski definition) is 3. The molecule has 98 valence electrons. The summed E-state index contributed by atoms with van der Waals surface area (Å²) in [5.74, 6) is -1.85. The minimum absolute atomic E-state index is 0.0754. The third kappa shape index (κ3) is 4.50. The lowest BCUT2D eigenvalue weighted by Gasteiger charge is -2.09. The molecule has 0 aromatic heterocycles. The summed E-state index contributed by atoms with van der Waals surface area (Å²) >= 11 is 0. The van der Waals surface area contributed by atoms with Crippen LogP contribution in [0.15, 0.2) is 24.3 Å². The molecule has 6 heteroatoms. The maximum absolute atomic E-state index is 13.2. The average Bonchev–Trinajstić information content (AvgIpc) is 2.32. The van der Waals surface area contributed by atoms with E-state index in [-0.39, 0.29) is 24.6 Å². The Hall–Kier alpha value is -1.95. The van der Waals surface area contributed by atoms with E-state index in [1.807, 2.05) is 0 Å². The van der Waals surface area contributed by atoms with Gasteiger partial charge in [-0.1, -0.05) is 12.1 Å². The first-order valence-electron chi connectivity index (χ1n) is 5.51. The maximum atomic E-state index is 13.2. The van der Waals surface area contributed by atoms with Crippen LogP contribution < -0.4 is 10.6 Å². The van der Waals surface area contributed by atoms with Gasteiger partial charge in [0.1, 0.15) is 11.9 Å². The number of carbonyl (C=O) groups excluding carboxylic acids is 1. The molecule has 0 heterocycles. The van der Waals surface area contributed by atoms with Crippen molar-refractivity contribution in [1.82, 2.24) is 5.32 Å². The lowest BCUT2D eigenvalue weighted by Crippen LogP contribution is -2.35. The number of carboxylic acids is 1. The highest BCUT2D eigenvalue weighted by molar-refractivity contribution is 5.90. The lowest BCUT2D eigenvalue weighted by atomic mass is 10.3. The summed E-state index contributed by atoms with van der Waals surface area (Å²) in [6.45, 7) is 1.70. The molecule has 18 heavy (non-hydrogen) atoms. The monoisotopic (exact) mass is 254 g/mol. The van der Waals surface area contributed by atoms with Gasteiger partial charge in [-0.05, 0) is 19.1 Å². The Balaban J connectivity index is 2.35. The van der Waals surface area contributed by atoms with Gasteiger partial charge in [0.2, 0.25) is 5.91 Å². The van der Waals surface area contributed by atoms with Gasteiger partial charge in [0.25, 0.3) is 0 Å². The molecule has 0 radical (unpaired) electrons. The van der Waals surface area contributed by atoms with Crippen molar-refractivity contribution < 1.29 is 19.1 Å². The number of amides is 1. The Labute approximate surface area is 104 Å². The normalized spacial score (nSPS) is 11.9. The smallest absolute Gasteiger partial charge is 0.320 e. The molecule has 0 bridgehead atoms. The molecule has 0 aliphatic heterocycles. The molecule has 0 fully saturated rings. The minimum atomic E-state index is -0.982. The third-order valence-electron chi connectivity index (χ3n) is 2.32. The van der Waals surface area contributed by atoms with E-state index in [9.17, 15) is 14.0 Å². The van der Waals surface area contributed by atoms with E-state index in [0.29, 0.717) is 0 Å². The van der Waals surface area contributed by atoms with Crippen molar-refractivity contribution in [3.63, 3.8) is 0 Å². The van der Waals surface area contributed by atoms with Gasteiger partial charge in [0, 0.05) is 13.0 Å². The third-order valence-corrected chi connectivity index (χ3v) is 2.32. The number of rotatable bonds is 6. The highest BCUT2D eigenvalue weighted by atomic mass is 19.1. The quantitative estimate of drug-likeness (QED) is 0.713. The molecule has 0 saturated heterocycles. The van der Waals surface area contributed by atoms with Gasteiger partial charge in [-0.3, -0.25) is 9.59 Å². The molecule has 0 saturated carbocycles. The maximum Gasteiger partial charge on any atom is 0.320 e. The highest BCUT2D eigenvalue weighted by Gasteiger charge is 2.11. The first-order chi connectivity index (χ1) is 8.50. The molecule has 3 N–H and O–H groups in total. The van der Waals surface area contributed by atoms with Crippen molar-refractivity contribution in [2.24, 2.45) is 0 Å². The summed E-state index contributed by atoms with van der Waals surface area (Å²) in [6.07, 6.45) is 0.0754. The fourth-order valence-corrected chi connectivity index (χ4v) is 1.26. The van der Waals surface area contributed by atoms with Gasteiger partial charge in [0.05, 0.1) is 5.69 Å². The molecule has 1 aromatic rings. The largest absolute Gasteiger partial charge is 0.480 e. The Bertz CT molecular complexity index is 437. The molecule has 0 unspecified atom stereocenters. The van der Waals surface area contributed by atoms with Gasteiger partial charge in [-0.15, -0.1) is 0 Å². The molecule has 5 nitrogen and oxygen atoms in total. The molecule has 1 aromatic carbocycles. The number of hydrogen-bond acceptors (Lipinski definition) is 3. The number of halogens is 1. The van der Waals surface area contributed by atoms with Crippen molar-refractivity contribution in [3.05, 3.63) is 30.1 Å². The Morgan fingerprint density at radius 3 is 2.67 bits per heavy atom. The van der Waals surface area contributed by atoms with Crippen LogP contribution in [0, 0.1) is 5.82 Å². The highest BCUT2D eigenvalue weighted by Crippen LogP contribution is 2.12. The fraction of sp³-hybridized carbons (Fsp3) is 0.333. The van der Waals surface area contributed by atoms with Crippen LogP contribution in [0.5, 0.6) is 0 Å². The summed E-state index contributed by atoms with van der Waals surface area (Å²) in [4.78, 5) is 21.9. The van der Waals surface area contributed by atoms with Gasteiger partial charge in [0.15, 0.2) is 0 Å². The zero-order valence-corrected chi connectivity index (χ0v) is 9.94. The molecule has 1 atom stereocenters. The number of para-hydroxylation sites is 1. The molecule has 0 spiro atoms. The number of benzene rings is 1. The summed E-state index contributed by atoms with van der Waals surface area (Å²) < 4.78 is 13.2. The van der Waals surface area contributed by atoms with E-state index in [4.69, 9.17) is 5.11 Å². The lowest BCUT2D eigenvalue weighted by molar-refractivity contribution is -0.139. The molecule has 1 rings (SSSR count). The van der Waals surface area contributed by atoms with Gasteiger partial charge in [-0.25, -0.2) is 4.39 Å². The first kappa shape index (κ1) is 14.1. The Kier molecular flexibility index (Phi) is 5.26. The van der Waals surface area contributed by atoms with E-state index >= 15 is 0 Å². The predicted molar refractivity (Wildman–Crippen MR) is 64.7 cm³/mol. The van der Waals surface area contributed by atoms with Crippen LogP contribution in [-0.2, 0) is 9.59 Å².